The van der Waals surface area contributed by atoms with E-state index in [1.165, 1.54) is 34.4 Å². The Labute approximate surface area is 176 Å². The molecule has 4 aromatic rings. The van der Waals surface area contributed by atoms with Crippen LogP contribution in [0.5, 0.6) is 11.5 Å². The molecule has 1 amide bonds. The molecule has 0 saturated carbocycles. The number of fused-ring (bicyclic) bond motifs is 1. The number of benzene rings is 2. The van der Waals surface area contributed by atoms with Crippen molar-refractivity contribution in [1.82, 2.24) is 9.97 Å². The molecular formula is C22H18FN3O3S. The highest BCUT2D eigenvalue weighted by Crippen LogP contribution is 2.40. The summed E-state index contributed by atoms with van der Waals surface area (Å²) in [6, 6.07) is 14.6. The van der Waals surface area contributed by atoms with Gasteiger partial charge in [-0.05, 0) is 42.5 Å². The van der Waals surface area contributed by atoms with E-state index in [9.17, 15) is 9.18 Å². The van der Waals surface area contributed by atoms with Gasteiger partial charge in [0.05, 0.1) is 26.5 Å². The summed E-state index contributed by atoms with van der Waals surface area (Å²) >= 11 is 1.30. The van der Waals surface area contributed by atoms with Crippen LogP contribution in [0.4, 0.5) is 9.52 Å². The number of aromatic nitrogens is 2. The van der Waals surface area contributed by atoms with Gasteiger partial charge in [0.25, 0.3) is 5.91 Å². The summed E-state index contributed by atoms with van der Waals surface area (Å²) < 4.78 is 25.4. The van der Waals surface area contributed by atoms with Gasteiger partial charge in [0, 0.05) is 11.8 Å². The molecular weight excluding hydrogens is 405 g/mol. The zero-order valence-electron chi connectivity index (χ0n) is 16.3. The molecule has 8 heteroatoms. The predicted octanol–water partition coefficient (Wildman–Crippen LogP) is 4.69. The van der Waals surface area contributed by atoms with Crippen molar-refractivity contribution in [3.63, 3.8) is 0 Å². The summed E-state index contributed by atoms with van der Waals surface area (Å²) in [4.78, 5) is 23.8. The van der Waals surface area contributed by atoms with E-state index in [4.69, 9.17) is 9.47 Å². The van der Waals surface area contributed by atoms with E-state index in [0.29, 0.717) is 27.8 Å². The molecule has 2 aromatic heterocycles. The molecule has 0 bridgehead atoms. The minimum absolute atomic E-state index is 0.181. The van der Waals surface area contributed by atoms with Gasteiger partial charge in [0.1, 0.15) is 27.5 Å². The Hall–Kier alpha value is -3.52. The molecule has 0 N–H and O–H groups in total. The SMILES string of the molecule is COc1ccc(OC)c2sc(N(Cc3ccccn3)C(=O)c3cccc(F)c3)nc12. The van der Waals surface area contributed by atoms with Crippen LogP contribution in [0.25, 0.3) is 10.2 Å². The molecule has 0 spiro atoms. The van der Waals surface area contributed by atoms with Gasteiger partial charge in [-0.2, -0.15) is 0 Å². The standard InChI is InChI=1S/C22H18FN3O3S/c1-28-17-9-10-18(29-2)20-19(17)25-22(30-20)26(13-16-8-3-4-11-24-16)21(27)14-6-5-7-15(23)12-14/h3-12H,13H2,1-2H3. The Morgan fingerprint density at radius 1 is 1.07 bits per heavy atom. The molecule has 6 nitrogen and oxygen atoms in total. The number of hydrogen-bond acceptors (Lipinski definition) is 6. The number of hydrogen-bond donors (Lipinski definition) is 0. The molecule has 0 aliphatic heterocycles. The Bertz CT molecular complexity index is 1160. The Morgan fingerprint density at radius 3 is 2.57 bits per heavy atom. The average Bonchev–Trinajstić information content (AvgIpc) is 3.22. The number of rotatable bonds is 6. The maximum atomic E-state index is 13.8. The van der Waals surface area contributed by atoms with Crippen molar-refractivity contribution in [3.05, 3.63) is 77.9 Å². The number of methoxy groups -OCH3 is 2. The van der Waals surface area contributed by atoms with E-state index < -0.39 is 5.82 Å². The van der Waals surface area contributed by atoms with Crippen LogP contribution >= 0.6 is 11.3 Å². The van der Waals surface area contributed by atoms with Crippen LogP contribution in [0.15, 0.2) is 60.8 Å². The number of ether oxygens (including phenoxy) is 2. The minimum Gasteiger partial charge on any atom is -0.495 e. The van der Waals surface area contributed by atoms with Gasteiger partial charge in [0.15, 0.2) is 5.13 Å². The number of carbonyl (C=O) groups excluding carboxylic acids is 1. The lowest BCUT2D eigenvalue weighted by Gasteiger charge is -2.19. The van der Waals surface area contributed by atoms with E-state index in [1.807, 2.05) is 12.1 Å². The third-order valence-electron chi connectivity index (χ3n) is 4.49. The molecule has 4 rings (SSSR count). The zero-order chi connectivity index (χ0) is 21.1. The molecule has 0 radical (unpaired) electrons. The van der Waals surface area contributed by atoms with Crippen molar-refractivity contribution in [2.75, 3.05) is 19.1 Å². The van der Waals surface area contributed by atoms with Gasteiger partial charge in [-0.1, -0.05) is 23.5 Å². The second-order valence-electron chi connectivity index (χ2n) is 6.37. The highest BCUT2D eigenvalue weighted by Gasteiger charge is 2.24. The summed E-state index contributed by atoms with van der Waals surface area (Å²) in [6.07, 6.45) is 1.66. The topological polar surface area (TPSA) is 64.6 Å². The van der Waals surface area contributed by atoms with Crippen LogP contribution in [0, 0.1) is 5.82 Å². The lowest BCUT2D eigenvalue weighted by Crippen LogP contribution is -2.30. The zero-order valence-corrected chi connectivity index (χ0v) is 17.1. The average molecular weight is 423 g/mol. The molecule has 30 heavy (non-hydrogen) atoms. The van der Waals surface area contributed by atoms with Crippen molar-refractivity contribution in [2.24, 2.45) is 0 Å². The van der Waals surface area contributed by atoms with Crippen molar-refractivity contribution in [1.29, 1.82) is 0 Å². The van der Waals surface area contributed by atoms with Crippen LogP contribution < -0.4 is 14.4 Å². The van der Waals surface area contributed by atoms with Gasteiger partial charge in [-0.25, -0.2) is 9.37 Å². The number of amides is 1. The second kappa shape index (κ2) is 8.46. The lowest BCUT2D eigenvalue weighted by atomic mass is 10.2. The molecule has 0 saturated heterocycles. The lowest BCUT2D eigenvalue weighted by molar-refractivity contribution is 0.0984. The maximum Gasteiger partial charge on any atom is 0.260 e. The third-order valence-corrected chi connectivity index (χ3v) is 5.59. The molecule has 0 aliphatic carbocycles. The van der Waals surface area contributed by atoms with Gasteiger partial charge in [-0.3, -0.25) is 14.7 Å². The molecule has 0 fully saturated rings. The number of thiazole rings is 1. The Morgan fingerprint density at radius 2 is 1.87 bits per heavy atom. The number of anilines is 1. The Kier molecular flexibility index (Phi) is 5.58. The van der Waals surface area contributed by atoms with E-state index in [2.05, 4.69) is 9.97 Å². The van der Waals surface area contributed by atoms with Crippen molar-refractivity contribution in [2.45, 2.75) is 6.54 Å². The summed E-state index contributed by atoms with van der Waals surface area (Å²) in [5.74, 6) is 0.346. The fraction of sp³-hybridized carbons (Fsp3) is 0.136. The van der Waals surface area contributed by atoms with Crippen molar-refractivity contribution < 1.29 is 18.7 Å². The van der Waals surface area contributed by atoms with Crippen LogP contribution in [0.1, 0.15) is 16.1 Å². The van der Waals surface area contributed by atoms with Crippen LogP contribution in [-0.4, -0.2) is 30.1 Å². The Balaban J connectivity index is 1.84. The highest BCUT2D eigenvalue weighted by atomic mass is 32.1. The summed E-state index contributed by atoms with van der Waals surface area (Å²) in [5.41, 5.74) is 1.50. The first-order valence-electron chi connectivity index (χ1n) is 9.09. The first-order chi connectivity index (χ1) is 14.6. The molecule has 0 aliphatic rings. The normalized spacial score (nSPS) is 10.8. The van der Waals surface area contributed by atoms with E-state index in [0.717, 1.165) is 4.70 Å². The molecule has 0 unspecified atom stereocenters. The quantitative estimate of drug-likeness (QED) is 0.450. The van der Waals surface area contributed by atoms with Crippen LogP contribution in [-0.2, 0) is 6.54 Å². The predicted molar refractivity (Wildman–Crippen MR) is 114 cm³/mol. The summed E-state index contributed by atoms with van der Waals surface area (Å²) in [7, 11) is 3.13. The molecule has 2 aromatic carbocycles. The van der Waals surface area contributed by atoms with E-state index >= 15 is 0 Å². The number of halogens is 1. The smallest absolute Gasteiger partial charge is 0.260 e. The summed E-state index contributed by atoms with van der Waals surface area (Å²) in [6.45, 7) is 0.181. The van der Waals surface area contributed by atoms with Crippen molar-refractivity contribution in [3.8, 4) is 11.5 Å². The number of carbonyl (C=O) groups is 1. The summed E-state index contributed by atoms with van der Waals surface area (Å²) in [5, 5.41) is 0.438. The number of pyridine rings is 1. The largest absolute Gasteiger partial charge is 0.495 e. The van der Waals surface area contributed by atoms with Gasteiger partial charge < -0.3 is 9.47 Å². The van der Waals surface area contributed by atoms with E-state index in [1.54, 1.807) is 44.7 Å². The highest BCUT2D eigenvalue weighted by molar-refractivity contribution is 7.22. The molecule has 0 atom stereocenters. The third kappa shape index (κ3) is 3.81. The van der Waals surface area contributed by atoms with Gasteiger partial charge >= 0.3 is 0 Å². The first-order valence-corrected chi connectivity index (χ1v) is 9.91. The van der Waals surface area contributed by atoms with Crippen molar-refractivity contribution >= 4 is 32.6 Å². The monoisotopic (exact) mass is 423 g/mol. The fourth-order valence-corrected chi connectivity index (χ4v) is 4.12. The molecule has 152 valence electrons. The van der Waals surface area contributed by atoms with Gasteiger partial charge in [0.2, 0.25) is 0 Å². The molecule has 2 heterocycles. The fourth-order valence-electron chi connectivity index (χ4n) is 3.05. The maximum absolute atomic E-state index is 13.8. The van der Waals surface area contributed by atoms with E-state index in [-0.39, 0.29) is 18.0 Å². The first kappa shape index (κ1) is 19.8. The van der Waals surface area contributed by atoms with Crippen LogP contribution in [0.2, 0.25) is 0 Å². The van der Waals surface area contributed by atoms with Gasteiger partial charge in [-0.15, -0.1) is 0 Å². The number of nitrogens with zero attached hydrogens (tertiary/aromatic N) is 3. The minimum atomic E-state index is -0.480. The van der Waals surface area contributed by atoms with Crippen LogP contribution in [0.3, 0.4) is 0 Å². The second-order valence-corrected chi connectivity index (χ2v) is 7.34.